The number of aliphatic imine (C=N–C) groups is 1. The smallest absolute Gasteiger partial charge is 0.421 e. The number of halogens is 3. The molecular formula is C25H29F3N4O3. The van der Waals surface area contributed by atoms with Crippen LogP contribution in [-0.4, -0.2) is 59.6 Å². The second kappa shape index (κ2) is 10.8. The number of nitrogens with two attached hydrogens (primary N) is 1. The molecule has 1 heterocycles. The SMILES string of the molecule is CC(=O)N(C/C=C/c1cc(C(N)=NC2CCN(C)CC2)ccc1O)c1cccc(O)c1C(F)(F)F. The number of hydrogen-bond donors (Lipinski definition) is 3. The predicted molar refractivity (Wildman–Crippen MR) is 130 cm³/mol. The Morgan fingerprint density at radius 2 is 1.89 bits per heavy atom. The minimum atomic E-state index is -4.85. The van der Waals surface area contributed by atoms with Crippen LogP contribution < -0.4 is 10.6 Å². The van der Waals surface area contributed by atoms with Gasteiger partial charge in [0.25, 0.3) is 0 Å². The van der Waals surface area contributed by atoms with E-state index in [1.807, 2.05) is 0 Å². The summed E-state index contributed by atoms with van der Waals surface area (Å²) in [6.07, 6.45) is -0.104. The van der Waals surface area contributed by atoms with Gasteiger partial charge in [-0.2, -0.15) is 13.2 Å². The van der Waals surface area contributed by atoms with E-state index in [0.717, 1.165) is 49.9 Å². The number of rotatable bonds is 6. The maximum Gasteiger partial charge on any atom is 0.421 e. The van der Waals surface area contributed by atoms with Crippen LogP contribution in [0.4, 0.5) is 18.9 Å². The molecule has 0 aromatic heterocycles. The van der Waals surface area contributed by atoms with E-state index < -0.39 is 29.1 Å². The fourth-order valence-electron chi connectivity index (χ4n) is 3.97. The quantitative estimate of drug-likeness (QED) is 0.420. The van der Waals surface area contributed by atoms with Gasteiger partial charge in [0.1, 0.15) is 22.9 Å². The molecule has 0 saturated carbocycles. The van der Waals surface area contributed by atoms with E-state index in [4.69, 9.17) is 5.73 Å². The number of hydrogen-bond acceptors (Lipinski definition) is 5. The third-order valence-electron chi connectivity index (χ3n) is 5.89. The van der Waals surface area contributed by atoms with E-state index in [9.17, 15) is 28.2 Å². The number of carbonyl (C=O) groups is 1. The summed E-state index contributed by atoms with van der Waals surface area (Å²) in [4.78, 5) is 19.9. The molecule has 1 aliphatic heterocycles. The number of benzene rings is 2. The van der Waals surface area contributed by atoms with Gasteiger partial charge >= 0.3 is 6.18 Å². The van der Waals surface area contributed by atoms with E-state index in [0.29, 0.717) is 17.0 Å². The Morgan fingerprint density at radius 3 is 2.51 bits per heavy atom. The van der Waals surface area contributed by atoms with Crippen molar-refractivity contribution in [3.05, 3.63) is 59.2 Å². The number of aromatic hydroxyl groups is 2. The summed E-state index contributed by atoms with van der Waals surface area (Å²) < 4.78 is 40.5. The number of alkyl halides is 3. The first-order valence-electron chi connectivity index (χ1n) is 11.2. The summed E-state index contributed by atoms with van der Waals surface area (Å²) >= 11 is 0. The van der Waals surface area contributed by atoms with E-state index in [1.54, 1.807) is 12.1 Å². The van der Waals surface area contributed by atoms with Gasteiger partial charge in [-0.1, -0.05) is 18.2 Å². The molecule has 2 aromatic carbocycles. The standard InChI is InChI=1S/C25H29F3N4O3/c1-16(33)32(20-6-3-7-22(35)23(20)25(26,27)28)12-4-5-17-15-18(8-9-21(17)34)24(29)30-19-10-13-31(2)14-11-19/h3-9,15,19,34-35H,10-14H2,1-2H3,(H2,29,30)/b5-4+. The third kappa shape index (κ3) is 6.54. The van der Waals surface area contributed by atoms with Crippen molar-refractivity contribution >= 4 is 23.5 Å². The first kappa shape index (κ1) is 26.1. The molecule has 188 valence electrons. The van der Waals surface area contributed by atoms with E-state index in [-0.39, 0.29) is 18.3 Å². The number of piperidine rings is 1. The Bertz CT molecular complexity index is 1120. The van der Waals surface area contributed by atoms with Crippen LogP contribution in [-0.2, 0) is 11.0 Å². The maximum atomic E-state index is 13.5. The number of amidine groups is 1. The Morgan fingerprint density at radius 1 is 1.20 bits per heavy atom. The van der Waals surface area contributed by atoms with Crippen LogP contribution in [0.2, 0.25) is 0 Å². The van der Waals surface area contributed by atoms with Crippen LogP contribution in [0.5, 0.6) is 11.5 Å². The lowest BCUT2D eigenvalue weighted by molar-refractivity contribution is -0.138. The lowest BCUT2D eigenvalue weighted by atomic mass is 10.0. The number of amides is 1. The second-order valence-electron chi connectivity index (χ2n) is 8.52. The number of anilines is 1. The summed E-state index contributed by atoms with van der Waals surface area (Å²) in [7, 11) is 2.06. The van der Waals surface area contributed by atoms with Gasteiger partial charge in [0, 0.05) is 24.6 Å². The Labute approximate surface area is 202 Å². The molecule has 1 amide bonds. The van der Waals surface area contributed by atoms with Crippen molar-refractivity contribution in [3.8, 4) is 11.5 Å². The van der Waals surface area contributed by atoms with E-state index in [1.165, 1.54) is 24.3 Å². The highest BCUT2D eigenvalue weighted by molar-refractivity contribution is 5.98. The van der Waals surface area contributed by atoms with Gasteiger partial charge in [0.15, 0.2) is 0 Å². The van der Waals surface area contributed by atoms with Crippen LogP contribution in [0.3, 0.4) is 0 Å². The molecule has 0 radical (unpaired) electrons. The minimum Gasteiger partial charge on any atom is -0.507 e. The number of phenolic OH excluding ortho intramolecular Hbond substituents is 2. The van der Waals surface area contributed by atoms with Gasteiger partial charge in [-0.05, 0) is 63.3 Å². The minimum absolute atomic E-state index is 0.0557. The molecule has 1 saturated heterocycles. The molecule has 7 nitrogen and oxygen atoms in total. The fraction of sp³-hybridized carbons (Fsp3) is 0.360. The van der Waals surface area contributed by atoms with Crippen molar-refractivity contribution in [1.82, 2.24) is 4.90 Å². The van der Waals surface area contributed by atoms with Crippen LogP contribution in [0.1, 0.15) is 36.5 Å². The van der Waals surface area contributed by atoms with Crippen LogP contribution in [0.15, 0.2) is 47.5 Å². The first-order valence-corrected chi connectivity index (χ1v) is 11.2. The number of carbonyl (C=O) groups excluding carboxylic acids is 1. The van der Waals surface area contributed by atoms with E-state index in [2.05, 4.69) is 16.9 Å². The Kier molecular flexibility index (Phi) is 8.06. The number of likely N-dealkylation sites (tertiary alicyclic amines) is 1. The van der Waals surface area contributed by atoms with Crippen LogP contribution >= 0.6 is 0 Å². The molecule has 2 aromatic rings. The molecular weight excluding hydrogens is 461 g/mol. The third-order valence-corrected chi connectivity index (χ3v) is 5.89. The molecule has 3 rings (SSSR count). The van der Waals surface area contributed by atoms with Gasteiger partial charge in [-0.25, -0.2) is 0 Å². The van der Waals surface area contributed by atoms with Gasteiger partial charge in [0.2, 0.25) is 5.91 Å². The summed E-state index contributed by atoms with van der Waals surface area (Å²) in [5.41, 5.74) is 5.43. The Hall–Kier alpha value is -3.53. The Balaban J connectivity index is 1.82. The zero-order chi connectivity index (χ0) is 25.8. The van der Waals surface area contributed by atoms with Gasteiger partial charge in [-0.3, -0.25) is 9.79 Å². The van der Waals surface area contributed by atoms with E-state index >= 15 is 0 Å². The largest absolute Gasteiger partial charge is 0.507 e. The number of nitrogens with zero attached hydrogens (tertiary/aromatic N) is 3. The van der Waals surface area contributed by atoms with Gasteiger partial charge < -0.3 is 25.7 Å². The van der Waals surface area contributed by atoms with Crippen molar-refractivity contribution in [2.45, 2.75) is 32.0 Å². The fourth-order valence-corrected chi connectivity index (χ4v) is 3.97. The lowest BCUT2D eigenvalue weighted by Gasteiger charge is -2.26. The lowest BCUT2D eigenvalue weighted by Crippen LogP contribution is -2.33. The monoisotopic (exact) mass is 490 g/mol. The highest BCUT2D eigenvalue weighted by Gasteiger charge is 2.38. The summed E-state index contributed by atoms with van der Waals surface area (Å²) in [5.74, 6) is -1.32. The first-order chi connectivity index (χ1) is 16.5. The second-order valence-corrected chi connectivity index (χ2v) is 8.52. The maximum absolute atomic E-state index is 13.5. The molecule has 35 heavy (non-hydrogen) atoms. The zero-order valence-corrected chi connectivity index (χ0v) is 19.6. The highest BCUT2D eigenvalue weighted by atomic mass is 19.4. The average molecular weight is 491 g/mol. The van der Waals surface area contributed by atoms with Crippen LogP contribution in [0, 0.1) is 0 Å². The predicted octanol–water partition coefficient (Wildman–Crippen LogP) is 3.98. The molecule has 0 atom stereocenters. The highest BCUT2D eigenvalue weighted by Crippen LogP contribution is 2.42. The zero-order valence-electron chi connectivity index (χ0n) is 19.6. The van der Waals surface area contributed by atoms with Crippen molar-refractivity contribution in [2.75, 3.05) is 31.6 Å². The molecule has 0 spiro atoms. The van der Waals surface area contributed by atoms with Crippen molar-refractivity contribution in [1.29, 1.82) is 0 Å². The summed E-state index contributed by atoms with van der Waals surface area (Å²) in [6.45, 7) is 2.79. The van der Waals surface area contributed by atoms with Gasteiger partial charge in [0.05, 0.1) is 11.7 Å². The van der Waals surface area contributed by atoms with Crippen LogP contribution in [0.25, 0.3) is 6.08 Å². The van der Waals surface area contributed by atoms with Crippen molar-refractivity contribution in [3.63, 3.8) is 0 Å². The van der Waals surface area contributed by atoms with Crippen molar-refractivity contribution in [2.24, 2.45) is 10.7 Å². The van der Waals surface area contributed by atoms with Crippen molar-refractivity contribution < 1.29 is 28.2 Å². The molecule has 1 aliphatic rings. The molecule has 0 bridgehead atoms. The molecule has 0 unspecified atom stereocenters. The number of phenols is 2. The molecule has 4 N–H and O–H groups in total. The normalized spacial score (nSPS) is 16.1. The summed E-state index contributed by atoms with van der Waals surface area (Å²) in [6, 6.07) is 8.14. The molecule has 10 heteroatoms. The topological polar surface area (TPSA) is 102 Å². The molecule has 0 aliphatic carbocycles. The summed E-state index contributed by atoms with van der Waals surface area (Å²) in [5, 5.41) is 20.0. The van der Waals surface area contributed by atoms with Gasteiger partial charge in [-0.15, -0.1) is 0 Å². The average Bonchev–Trinajstić information content (AvgIpc) is 2.78. The molecule has 1 fully saturated rings.